The fraction of sp³-hybridized carbons (Fsp3) is 0.381. The number of para-hydroxylation sites is 1. The van der Waals surface area contributed by atoms with Crippen LogP contribution in [0.5, 0.6) is 0 Å². The van der Waals surface area contributed by atoms with Crippen molar-refractivity contribution in [2.24, 2.45) is 0 Å². The molecule has 0 aromatic heterocycles. The number of likely N-dealkylation sites (tertiary alicyclic amines) is 1. The summed E-state index contributed by atoms with van der Waals surface area (Å²) in [5, 5.41) is 5.93. The molecule has 1 saturated heterocycles. The van der Waals surface area contributed by atoms with Gasteiger partial charge in [-0.2, -0.15) is 0 Å². The number of nitrogens with one attached hydrogen (secondary N) is 2. The molecule has 1 aliphatic heterocycles. The van der Waals surface area contributed by atoms with Crippen LogP contribution in [0.3, 0.4) is 0 Å². The van der Waals surface area contributed by atoms with Gasteiger partial charge in [-0.15, -0.1) is 0 Å². The summed E-state index contributed by atoms with van der Waals surface area (Å²) in [5.41, 5.74) is 3.24. The van der Waals surface area contributed by atoms with Crippen LogP contribution in [-0.2, 0) is 0 Å². The van der Waals surface area contributed by atoms with Crippen molar-refractivity contribution in [3.63, 3.8) is 0 Å². The fourth-order valence-electron chi connectivity index (χ4n) is 3.39. The van der Waals surface area contributed by atoms with Gasteiger partial charge in [0.1, 0.15) is 0 Å². The lowest BCUT2D eigenvalue weighted by molar-refractivity contribution is 0.227. The Hall–Kier alpha value is -2.53. The summed E-state index contributed by atoms with van der Waals surface area (Å²) in [4.78, 5) is 16.8. The standard InChI is InChI=1S/C21H28N4O/c1-24(2)19-12-10-17(11-13-19)20(25-14-6-7-15-25)16-22-21(26)23-18-8-4-3-5-9-18/h3-5,8-13,20H,6-7,14-16H2,1-2H3,(H2,22,23,26)/t20-/m0/s1. The Balaban J connectivity index is 1.65. The third-order valence-corrected chi connectivity index (χ3v) is 4.86. The fourth-order valence-corrected chi connectivity index (χ4v) is 3.39. The molecule has 1 atom stereocenters. The first-order valence-corrected chi connectivity index (χ1v) is 9.25. The van der Waals surface area contributed by atoms with E-state index in [2.05, 4.69) is 44.7 Å². The van der Waals surface area contributed by atoms with E-state index >= 15 is 0 Å². The van der Waals surface area contributed by atoms with Gasteiger partial charge in [0, 0.05) is 32.0 Å². The molecule has 1 heterocycles. The zero-order valence-corrected chi connectivity index (χ0v) is 15.6. The number of hydrogen-bond donors (Lipinski definition) is 2. The van der Waals surface area contributed by atoms with Crippen molar-refractivity contribution in [2.75, 3.05) is 43.9 Å². The first-order chi connectivity index (χ1) is 12.6. The zero-order chi connectivity index (χ0) is 18.4. The maximum Gasteiger partial charge on any atom is 0.319 e. The second kappa shape index (κ2) is 8.72. The first kappa shape index (κ1) is 18.3. The quantitative estimate of drug-likeness (QED) is 0.833. The highest BCUT2D eigenvalue weighted by Crippen LogP contribution is 2.26. The van der Waals surface area contributed by atoms with Crippen LogP contribution in [0, 0.1) is 0 Å². The number of carbonyl (C=O) groups is 1. The molecule has 1 fully saturated rings. The Kier molecular flexibility index (Phi) is 6.12. The number of nitrogens with zero attached hydrogens (tertiary/aromatic N) is 2. The predicted molar refractivity (Wildman–Crippen MR) is 108 cm³/mol. The molecule has 138 valence electrons. The SMILES string of the molecule is CN(C)c1ccc([C@H](CNC(=O)Nc2ccccc2)N2CCCC2)cc1. The first-order valence-electron chi connectivity index (χ1n) is 9.25. The molecule has 2 aromatic rings. The highest BCUT2D eigenvalue weighted by Gasteiger charge is 2.24. The topological polar surface area (TPSA) is 47.6 Å². The normalized spacial score (nSPS) is 15.5. The van der Waals surface area contributed by atoms with E-state index in [1.165, 1.54) is 24.1 Å². The third-order valence-electron chi connectivity index (χ3n) is 4.86. The minimum Gasteiger partial charge on any atom is -0.378 e. The van der Waals surface area contributed by atoms with Crippen molar-refractivity contribution < 1.29 is 4.79 Å². The van der Waals surface area contributed by atoms with E-state index in [0.29, 0.717) is 6.54 Å². The molecule has 0 aliphatic carbocycles. The molecule has 0 radical (unpaired) electrons. The molecule has 1 aliphatic rings. The summed E-state index contributed by atoms with van der Waals surface area (Å²) in [7, 11) is 4.09. The maximum atomic E-state index is 12.3. The third kappa shape index (κ3) is 4.76. The van der Waals surface area contributed by atoms with E-state index in [-0.39, 0.29) is 12.1 Å². The lowest BCUT2D eigenvalue weighted by atomic mass is 10.0. The van der Waals surface area contributed by atoms with Crippen molar-refractivity contribution >= 4 is 17.4 Å². The molecule has 5 nitrogen and oxygen atoms in total. The van der Waals surface area contributed by atoms with Crippen LogP contribution in [0.15, 0.2) is 54.6 Å². The van der Waals surface area contributed by atoms with Crippen molar-refractivity contribution in [1.29, 1.82) is 0 Å². The number of anilines is 2. The monoisotopic (exact) mass is 352 g/mol. The van der Waals surface area contributed by atoms with Crippen LogP contribution >= 0.6 is 0 Å². The predicted octanol–water partition coefficient (Wildman–Crippen LogP) is 3.71. The van der Waals surface area contributed by atoms with Gasteiger partial charge in [0.15, 0.2) is 0 Å². The van der Waals surface area contributed by atoms with Crippen LogP contribution in [0.2, 0.25) is 0 Å². The average Bonchev–Trinajstić information content (AvgIpc) is 3.17. The summed E-state index contributed by atoms with van der Waals surface area (Å²) in [6, 6.07) is 18.2. The Bertz CT molecular complexity index is 694. The number of benzene rings is 2. The molecule has 0 unspecified atom stereocenters. The molecule has 26 heavy (non-hydrogen) atoms. The summed E-state index contributed by atoms with van der Waals surface area (Å²) >= 11 is 0. The molecule has 2 N–H and O–H groups in total. The van der Waals surface area contributed by atoms with Crippen LogP contribution in [-0.4, -0.2) is 44.7 Å². The Morgan fingerprint density at radius 3 is 2.31 bits per heavy atom. The summed E-state index contributed by atoms with van der Waals surface area (Å²) in [5.74, 6) is 0. The van der Waals surface area contributed by atoms with Gasteiger partial charge in [-0.05, 0) is 55.8 Å². The molecule has 0 bridgehead atoms. The molecule has 0 spiro atoms. The van der Waals surface area contributed by atoms with Gasteiger partial charge < -0.3 is 15.5 Å². The number of hydrogen-bond acceptors (Lipinski definition) is 3. The largest absolute Gasteiger partial charge is 0.378 e. The lowest BCUT2D eigenvalue weighted by Gasteiger charge is -2.28. The van der Waals surface area contributed by atoms with Gasteiger partial charge in [0.2, 0.25) is 0 Å². The number of urea groups is 1. The Morgan fingerprint density at radius 2 is 1.69 bits per heavy atom. The molecular formula is C21H28N4O. The minimum atomic E-state index is -0.162. The van der Waals surface area contributed by atoms with Crippen molar-refractivity contribution in [3.05, 3.63) is 60.2 Å². The van der Waals surface area contributed by atoms with E-state index in [0.717, 1.165) is 18.8 Å². The highest BCUT2D eigenvalue weighted by atomic mass is 16.2. The van der Waals surface area contributed by atoms with Gasteiger partial charge in [0.25, 0.3) is 0 Å². The van der Waals surface area contributed by atoms with Crippen LogP contribution in [0.1, 0.15) is 24.4 Å². The number of rotatable bonds is 6. The molecule has 0 saturated carbocycles. The molecule has 2 amide bonds. The molecule has 2 aromatic carbocycles. The maximum absolute atomic E-state index is 12.3. The van der Waals surface area contributed by atoms with Gasteiger partial charge in [-0.3, -0.25) is 4.90 Å². The molecule has 5 heteroatoms. The smallest absolute Gasteiger partial charge is 0.319 e. The van der Waals surface area contributed by atoms with Crippen LogP contribution in [0.25, 0.3) is 0 Å². The summed E-state index contributed by atoms with van der Waals surface area (Å²) in [6.45, 7) is 2.77. The van der Waals surface area contributed by atoms with Crippen LogP contribution < -0.4 is 15.5 Å². The number of amides is 2. The number of carbonyl (C=O) groups excluding carboxylic acids is 1. The van der Waals surface area contributed by atoms with Gasteiger partial charge in [-0.25, -0.2) is 4.79 Å². The van der Waals surface area contributed by atoms with E-state index < -0.39 is 0 Å². The Labute approximate surface area is 156 Å². The zero-order valence-electron chi connectivity index (χ0n) is 15.6. The second-order valence-corrected chi connectivity index (χ2v) is 6.95. The Morgan fingerprint density at radius 1 is 1.04 bits per heavy atom. The second-order valence-electron chi connectivity index (χ2n) is 6.95. The van der Waals surface area contributed by atoms with Gasteiger partial charge in [-0.1, -0.05) is 30.3 Å². The molecule has 3 rings (SSSR count). The summed E-state index contributed by atoms with van der Waals surface area (Å²) < 4.78 is 0. The minimum absolute atomic E-state index is 0.162. The molecular weight excluding hydrogens is 324 g/mol. The van der Waals surface area contributed by atoms with E-state index in [1.54, 1.807) is 0 Å². The average molecular weight is 352 g/mol. The van der Waals surface area contributed by atoms with E-state index in [9.17, 15) is 4.79 Å². The van der Waals surface area contributed by atoms with E-state index in [1.807, 2.05) is 44.4 Å². The summed E-state index contributed by atoms with van der Waals surface area (Å²) in [6.07, 6.45) is 2.45. The highest BCUT2D eigenvalue weighted by molar-refractivity contribution is 5.89. The van der Waals surface area contributed by atoms with Gasteiger partial charge >= 0.3 is 6.03 Å². The van der Waals surface area contributed by atoms with Crippen molar-refractivity contribution in [2.45, 2.75) is 18.9 Å². The van der Waals surface area contributed by atoms with Crippen molar-refractivity contribution in [3.8, 4) is 0 Å². The van der Waals surface area contributed by atoms with Gasteiger partial charge in [0.05, 0.1) is 6.04 Å². The van der Waals surface area contributed by atoms with Crippen molar-refractivity contribution in [1.82, 2.24) is 10.2 Å². The van der Waals surface area contributed by atoms with E-state index in [4.69, 9.17) is 0 Å². The van der Waals surface area contributed by atoms with Crippen LogP contribution in [0.4, 0.5) is 16.2 Å². The lowest BCUT2D eigenvalue weighted by Crippen LogP contribution is -2.38.